The second-order valence-corrected chi connectivity index (χ2v) is 4.43. The van der Waals surface area contributed by atoms with Gasteiger partial charge in [0.2, 0.25) is 0 Å². The van der Waals surface area contributed by atoms with E-state index in [4.69, 9.17) is 0 Å². The average molecular weight is 258 g/mol. The van der Waals surface area contributed by atoms with Crippen molar-refractivity contribution in [3.63, 3.8) is 0 Å². The van der Waals surface area contributed by atoms with Crippen LogP contribution in [-0.2, 0) is 0 Å². The molecule has 1 aromatic heterocycles. The summed E-state index contributed by atoms with van der Waals surface area (Å²) in [5.41, 5.74) is 2.09. The van der Waals surface area contributed by atoms with Crippen molar-refractivity contribution < 1.29 is 9.18 Å². The molecule has 0 saturated heterocycles. The highest BCUT2D eigenvalue weighted by molar-refractivity contribution is 5.95. The van der Waals surface area contributed by atoms with Crippen LogP contribution < -0.4 is 5.32 Å². The van der Waals surface area contributed by atoms with Gasteiger partial charge in [0, 0.05) is 18.0 Å². The number of carbonyl (C=O) groups is 1. The van der Waals surface area contributed by atoms with Crippen LogP contribution in [0.25, 0.3) is 0 Å². The number of nitrogens with zero attached hydrogens (tertiary/aromatic N) is 1. The number of aryl methyl sites for hydroxylation is 1. The molecular weight excluding hydrogens is 243 g/mol. The van der Waals surface area contributed by atoms with Crippen molar-refractivity contribution in [2.75, 3.05) is 0 Å². The van der Waals surface area contributed by atoms with E-state index in [1.54, 1.807) is 19.3 Å². The minimum Gasteiger partial charge on any atom is -0.346 e. The molecule has 98 valence electrons. The minimum atomic E-state index is -0.337. The molecule has 1 N–H and O–H groups in total. The summed E-state index contributed by atoms with van der Waals surface area (Å²) in [5, 5.41) is 2.88. The Morgan fingerprint density at radius 3 is 2.58 bits per heavy atom. The van der Waals surface area contributed by atoms with E-state index in [9.17, 15) is 9.18 Å². The predicted molar refractivity (Wildman–Crippen MR) is 71.3 cm³/mol. The van der Waals surface area contributed by atoms with Crippen molar-refractivity contribution in [2.24, 2.45) is 0 Å². The topological polar surface area (TPSA) is 42.0 Å². The number of carbonyl (C=O) groups excluding carboxylic acids is 1. The quantitative estimate of drug-likeness (QED) is 0.919. The van der Waals surface area contributed by atoms with Gasteiger partial charge in [0.15, 0.2) is 0 Å². The van der Waals surface area contributed by atoms with Gasteiger partial charge in [-0.3, -0.25) is 9.78 Å². The standard InChI is InChI=1S/C15H15FN2O/c1-10-9-13(16)3-4-14(10)15(19)18-11(2)12-5-7-17-8-6-12/h3-9,11H,1-2H3,(H,18,19). The van der Waals surface area contributed by atoms with Crippen LogP contribution in [0, 0.1) is 12.7 Å². The van der Waals surface area contributed by atoms with Crippen LogP contribution in [0.15, 0.2) is 42.7 Å². The molecule has 0 aliphatic carbocycles. The van der Waals surface area contributed by atoms with Crippen LogP contribution in [0.3, 0.4) is 0 Å². The van der Waals surface area contributed by atoms with E-state index in [0.717, 1.165) is 5.56 Å². The maximum absolute atomic E-state index is 13.0. The molecule has 0 bridgehead atoms. The van der Waals surface area contributed by atoms with Crippen LogP contribution in [0.2, 0.25) is 0 Å². The highest BCUT2D eigenvalue weighted by atomic mass is 19.1. The van der Waals surface area contributed by atoms with E-state index in [-0.39, 0.29) is 17.8 Å². The molecular formula is C15H15FN2O. The number of rotatable bonds is 3. The third-order valence-electron chi connectivity index (χ3n) is 2.99. The van der Waals surface area contributed by atoms with Crippen molar-refractivity contribution in [1.29, 1.82) is 0 Å². The molecule has 19 heavy (non-hydrogen) atoms. The van der Waals surface area contributed by atoms with Gasteiger partial charge in [0.1, 0.15) is 5.82 Å². The van der Waals surface area contributed by atoms with Gasteiger partial charge in [-0.05, 0) is 55.3 Å². The van der Waals surface area contributed by atoms with Gasteiger partial charge in [0.05, 0.1) is 6.04 Å². The summed E-state index contributed by atoms with van der Waals surface area (Å²) in [7, 11) is 0. The molecule has 2 rings (SSSR count). The number of hydrogen-bond acceptors (Lipinski definition) is 2. The maximum Gasteiger partial charge on any atom is 0.252 e. The van der Waals surface area contributed by atoms with Gasteiger partial charge in [-0.15, -0.1) is 0 Å². The first-order chi connectivity index (χ1) is 9.08. The molecule has 1 unspecified atom stereocenters. The van der Waals surface area contributed by atoms with Gasteiger partial charge in [-0.1, -0.05) is 0 Å². The number of amides is 1. The molecule has 1 heterocycles. The molecule has 0 aliphatic rings. The normalized spacial score (nSPS) is 11.9. The van der Waals surface area contributed by atoms with E-state index in [1.165, 1.54) is 18.2 Å². The zero-order chi connectivity index (χ0) is 13.8. The third-order valence-corrected chi connectivity index (χ3v) is 2.99. The molecule has 1 aromatic carbocycles. The monoisotopic (exact) mass is 258 g/mol. The summed E-state index contributed by atoms with van der Waals surface area (Å²) in [6.07, 6.45) is 3.36. The lowest BCUT2D eigenvalue weighted by Gasteiger charge is -2.15. The van der Waals surface area contributed by atoms with Gasteiger partial charge in [-0.2, -0.15) is 0 Å². The van der Waals surface area contributed by atoms with Crippen LogP contribution in [0.4, 0.5) is 4.39 Å². The van der Waals surface area contributed by atoms with Crippen molar-refractivity contribution in [2.45, 2.75) is 19.9 Å². The highest BCUT2D eigenvalue weighted by Gasteiger charge is 2.13. The summed E-state index contributed by atoms with van der Waals surface area (Å²) < 4.78 is 13.0. The van der Waals surface area contributed by atoms with Crippen molar-refractivity contribution in [3.8, 4) is 0 Å². The van der Waals surface area contributed by atoms with Crippen molar-refractivity contribution in [1.82, 2.24) is 10.3 Å². The van der Waals surface area contributed by atoms with Crippen molar-refractivity contribution in [3.05, 3.63) is 65.2 Å². The number of aromatic nitrogens is 1. The molecule has 1 amide bonds. The molecule has 3 nitrogen and oxygen atoms in total. The second kappa shape index (κ2) is 5.61. The third kappa shape index (κ3) is 3.16. The van der Waals surface area contributed by atoms with E-state index in [0.29, 0.717) is 11.1 Å². The van der Waals surface area contributed by atoms with E-state index < -0.39 is 0 Å². The molecule has 0 aliphatic heterocycles. The number of nitrogens with one attached hydrogen (secondary N) is 1. The van der Waals surface area contributed by atoms with Gasteiger partial charge in [-0.25, -0.2) is 4.39 Å². The summed E-state index contributed by atoms with van der Waals surface area (Å²) in [5.74, 6) is -0.543. The lowest BCUT2D eigenvalue weighted by atomic mass is 10.1. The Labute approximate surface area is 111 Å². The van der Waals surface area contributed by atoms with Crippen molar-refractivity contribution >= 4 is 5.91 Å². The number of hydrogen-bond donors (Lipinski definition) is 1. The number of halogens is 1. The number of pyridine rings is 1. The molecule has 0 spiro atoms. The Hall–Kier alpha value is -2.23. The fourth-order valence-electron chi connectivity index (χ4n) is 1.89. The molecule has 0 saturated carbocycles. The van der Waals surface area contributed by atoms with Crippen LogP contribution in [0.5, 0.6) is 0 Å². The maximum atomic E-state index is 13.0. The first-order valence-corrected chi connectivity index (χ1v) is 6.05. The Morgan fingerprint density at radius 2 is 1.95 bits per heavy atom. The second-order valence-electron chi connectivity index (χ2n) is 4.43. The molecule has 4 heteroatoms. The summed E-state index contributed by atoms with van der Waals surface area (Å²) in [6.45, 7) is 3.61. The summed E-state index contributed by atoms with van der Waals surface area (Å²) >= 11 is 0. The Balaban J connectivity index is 2.13. The Kier molecular flexibility index (Phi) is 3.90. The van der Waals surface area contributed by atoms with Gasteiger partial charge in [0.25, 0.3) is 5.91 Å². The lowest BCUT2D eigenvalue weighted by Crippen LogP contribution is -2.27. The average Bonchev–Trinajstić information content (AvgIpc) is 2.39. The fraction of sp³-hybridized carbons (Fsp3) is 0.200. The SMILES string of the molecule is Cc1cc(F)ccc1C(=O)NC(C)c1ccncc1. The summed E-state index contributed by atoms with van der Waals surface area (Å²) in [6, 6.07) is 7.72. The van der Waals surface area contributed by atoms with Crippen LogP contribution in [0.1, 0.15) is 34.5 Å². The zero-order valence-electron chi connectivity index (χ0n) is 10.9. The van der Waals surface area contributed by atoms with E-state index in [2.05, 4.69) is 10.3 Å². The summed E-state index contributed by atoms with van der Waals surface area (Å²) in [4.78, 5) is 16.0. The molecule has 0 radical (unpaired) electrons. The first-order valence-electron chi connectivity index (χ1n) is 6.05. The first kappa shape index (κ1) is 13.2. The Bertz CT molecular complexity index is 584. The highest BCUT2D eigenvalue weighted by Crippen LogP contribution is 2.14. The lowest BCUT2D eigenvalue weighted by molar-refractivity contribution is 0.0939. The van der Waals surface area contributed by atoms with E-state index in [1.807, 2.05) is 19.1 Å². The minimum absolute atomic E-state index is 0.125. The van der Waals surface area contributed by atoms with Gasteiger partial charge < -0.3 is 5.32 Å². The number of benzene rings is 1. The molecule has 0 fully saturated rings. The largest absolute Gasteiger partial charge is 0.346 e. The predicted octanol–water partition coefficient (Wildman–Crippen LogP) is 3.02. The molecule has 2 aromatic rings. The fourth-order valence-corrected chi connectivity index (χ4v) is 1.89. The van der Waals surface area contributed by atoms with E-state index >= 15 is 0 Å². The Morgan fingerprint density at radius 1 is 1.26 bits per heavy atom. The molecule has 1 atom stereocenters. The smallest absolute Gasteiger partial charge is 0.252 e. The van der Waals surface area contributed by atoms with Crippen LogP contribution >= 0.6 is 0 Å². The van der Waals surface area contributed by atoms with Gasteiger partial charge >= 0.3 is 0 Å². The van der Waals surface area contributed by atoms with Crippen LogP contribution in [-0.4, -0.2) is 10.9 Å². The zero-order valence-corrected chi connectivity index (χ0v) is 10.9.